The fraction of sp³-hybridized carbons (Fsp3) is 0.529. The quantitative estimate of drug-likeness (QED) is 0.673. The van der Waals surface area contributed by atoms with Gasteiger partial charge in [0.05, 0.1) is 13.0 Å². The molecule has 5 nitrogen and oxygen atoms in total. The van der Waals surface area contributed by atoms with Crippen LogP contribution in [0.2, 0.25) is 0 Å². The van der Waals surface area contributed by atoms with Gasteiger partial charge in [-0.3, -0.25) is 9.59 Å². The molecule has 1 N–H and O–H groups in total. The van der Waals surface area contributed by atoms with E-state index in [1.54, 1.807) is 6.92 Å². The lowest BCUT2D eigenvalue weighted by Crippen LogP contribution is -2.27. The molecule has 0 aliphatic rings. The minimum absolute atomic E-state index is 0.140. The van der Waals surface area contributed by atoms with Crippen LogP contribution < -0.4 is 4.90 Å². The van der Waals surface area contributed by atoms with E-state index in [0.29, 0.717) is 26.0 Å². The molecule has 0 fully saturated rings. The zero-order valence-corrected chi connectivity index (χ0v) is 13.4. The van der Waals surface area contributed by atoms with E-state index < -0.39 is 5.97 Å². The molecular formula is C17H25NO4. The summed E-state index contributed by atoms with van der Waals surface area (Å²) in [5, 5.41) is 8.70. The van der Waals surface area contributed by atoms with Gasteiger partial charge in [-0.1, -0.05) is 19.1 Å². The molecule has 22 heavy (non-hydrogen) atoms. The molecule has 0 radical (unpaired) electrons. The lowest BCUT2D eigenvalue weighted by molar-refractivity contribution is -0.143. The lowest BCUT2D eigenvalue weighted by atomic mass is 10.1. The van der Waals surface area contributed by atoms with Crippen LogP contribution in [-0.2, 0) is 20.7 Å². The van der Waals surface area contributed by atoms with Gasteiger partial charge < -0.3 is 14.7 Å². The number of aliphatic carboxylic acids is 1. The Morgan fingerprint density at radius 1 is 1.09 bits per heavy atom. The second-order valence-electron chi connectivity index (χ2n) is 5.10. The van der Waals surface area contributed by atoms with Crippen molar-refractivity contribution in [1.29, 1.82) is 0 Å². The first-order chi connectivity index (χ1) is 10.6. The average molecular weight is 307 g/mol. The van der Waals surface area contributed by atoms with Gasteiger partial charge in [-0.05, 0) is 37.5 Å². The molecular weight excluding hydrogens is 282 g/mol. The normalized spacial score (nSPS) is 10.3. The van der Waals surface area contributed by atoms with Crippen molar-refractivity contribution in [2.75, 3.05) is 24.6 Å². The van der Waals surface area contributed by atoms with E-state index >= 15 is 0 Å². The van der Waals surface area contributed by atoms with E-state index in [9.17, 15) is 9.59 Å². The van der Waals surface area contributed by atoms with Crippen molar-refractivity contribution in [2.24, 2.45) is 0 Å². The van der Waals surface area contributed by atoms with Gasteiger partial charge in [0.15, 0.2) is 0 Å². The highest BCUT2D eigenvalue weighted by Gasteiger charge is 2.09. The van der Waals surface area contributed by atoms with Gasteiger partial charge in [-0.2, -0.15) is 0 Å². The van der Waals surface area contributed by atoms with Gasteiger partial charge in [0.1, 0.15) is 0 Å². The Kier molecular flexibility index (Phi) is 8.04. The monoisotopic (exact) mass is 307 g/mol. The number of benzene rings is 1. The number of rotatable bonds is 10. The molecule has 5 heteroatoms. The van der Waals surface area contributed by atoms with E-state index in [-0.39, 0.29) is 12.4 Å². The number of hydrogen-bond donors (Lipinski definition) is 1. The van der Waals surface area contributed by atoms with Crippen LogP contribution in [0.1, 0.15) is 38.7 Å². The van der Waals surface area contributed by atoms with Gasteiger partial charge in [0.2, 0.25) is 0 Å². The predicted molar refractivity (Wildman–Crippen MR) is 86.2 cm³/mol. The lowest BCUT2D eigenvalue weighted by Gasteiger charge is -2.24. The Morgan fingerprint density at radius 3 is 2.32 bits per heavy atom. The van der Waals surface area contributed by atoms with Crippen molar-refractivity contribution in [3.8, 4) is 0 Å². The summed E-state index contributed by atoms with van der Waals surface area (Å²) in [6.45, 7) is 5.80. The topological polar surface area (TPSA) is 66.8 Å². The SMILES string of the molecule is CCCN(CCC(=O)OCC)c1ccc(CCC(=O)O)cc1. The zero-order valence-electron chi connectivity index (χ0n) is 13.4. The summed E-state index contributed by atoms with van der Waals surface area (Å²) >= 11 is 0. The van der Waals surface area contributed by atoms with E-state index in [4.69, 9.17) is 9.84 Å². The second kappa shape index (κ2) is 9.82. The summed E-state index contributed by atoms with van der Waals surface area (Å²) in [5.41, 5.74) is 2.05. The maximum atomic E-state index is 11.5. The molecule has 0 amide bonds. The summed E-state index contributed by atoms with van der Waals surface area (Å²) in [7, 11) is 0. The zero-order chi connectivity index (χ0) is 16.4. The molecule has 0 heterocycles. The maximum Gasteiger partial charge on any atom is 0.307 e. The number of hydrogen-bond acceptors (Lipinski definition) is 4. The number of carboxylic acid groups (broad SMARTS) is 1. The maximum absolute atomic E-state index is 11.5. The van der Waals surface area contributed by atoms with Crippen molar-refractivity contribution in [1.82, 2.24) is 0 Å². The number of anilines is 1. The molecule has 0 aliphatic carbocycles. The van der Waals surface area contributed by atoms with Crippen LogP contribution in [0.5, 0.6) is 0 Å². The van der Waals surface area contributed by atoms with Gasteiger partial charge in [0.25, 0.3) is 0 Å². The van der Waals surface area contributed by atoms with Gasteiger partial charge >= 0.3 is 11.9 Å². The fourth-order valence-corrected chi connectivity index (χ4v) is 2.22. The van der Waals surface area contributed by atoms with Crippen LogP contribution in [0, 0.1) is 0 Å². The van der Waals surface area contributed by atoms with E-state index in [1.807, 2.05) is 24.3 Å². The third-order valence-corrected chi connectivity index (χ3v) is 3.31. The molecule has 0 saturated heterocycles. The van der Waals surface area contributed by atoms with Crippen molar-refractivity contribution in [3.05, 3.63) is 29.8 Å². The summed E-state index contributed by atoms with van der Waals surface area (Å²) in [4.78, 5) is 24.2. The summed E-state index contributed by atoms with van der Waals surface area (Å²) in [6.07, 6.45) is 2.03. The highest BCUT2D eigenvalue weighted by atomic mass is 16.5. The number of aryl methyl sites for hydroxylation is 1. The number of nitrogens with zero attached hydrogens (tertiary/aromatic N) is 1. The fourth-order valence-electron chi connectivity index (χ4n) is 2.22. The van der Waals surface area contributed by atoms with E-state index in [0.717, 1.165) is 24.2 Å². The minimum Gasteiger partial charge on any atom is -0.481 e. The summed E-state index contributed by atoms with van der Waals surface area (Å²) in [5.74, 6) is -0.965. The minimum atomic E-state index is -0.786. The first-order valence-electron chi connectivity index (χ1n) is 7.78. The first-order valence-corrected chi connectivity index (χ1v) is 7.78. The van der Waals surface area contributed by atoms with Crippen molar-refractivity contribution in [3.63, 3.8) is 0 Å². The summed E-state index contributed by atoms with van der Waals surface area (Å²) in [6, 6.07) is 7.87. The number of carboxylic acids is 1. The Morgan fingerprint density at radius 2 is 1.77 bits per heavy atom. The third-order valence-electron chi connectivity index (χ3n) is 3.31. The highest BCUT2D eigenvalue weighted by molar-refractivity contribution is 5.70. The van der Waals surface area contributed by atoms with E-state index in [2.05, 4.69) is 11.8 Å². The number of carbonyl (C=O) groups excluding carboxylic acids is 1. The Balaban J connectivity index is 2.62. The van der Waals surface area contributed by atoms with Crippen LogP contribution in [0.25, 0.3) is 0 Å². The molecule has 122 valence electrons. The smallest absolute Gasteiger partial charge is 0.307 e. The van der Waals surface area contributed by atoms with Crippen LogP contribution >= 0.6 is 0 Å². The first kappa shape index (κ1) is 18.0. The number of carbonyl (C=O) groups is 2. The van der Waals surface area contributed by atoms with Crippen LogP contribution in [-0.4, -0.2) is 36.7 Å². The van der Waals surface area contributed by atoms with Crippen molar-refractivity contribution in [2.45, 2.75) is 39.5 Å². The molecule has 0 spiro atoms. The van der Waals surface area contributed by atoms with Gasteiger partial charge in [-0.15, -0.1) is 0 Å². The van der Waals surface area contributed by atoms with Gasteiger partial charge in [0, 0.05) is 25.2 Å². The molecule has 0 bridgehead atoms. The average Bonchev–Trinajstić information content (AvgIpc) is 2.50. The number of esters is 1. The number of ether oxygens (including phenoxy) is 1. The van der Waals surface area contributed by atoms with E-state index in [1.165, 1.54) is 0 Å². The summed E-state index contributed by atoms with van der Waals surface area (Å²) < 4.78 is 4.96. The Bertz CT molecular complexity index is 470. The van der Waals surface area contributed by atoms with Crippen LogP contribution in [0.4, 0.5) is 5.69 Å². The standard InChI is InChI=1S/C17H25NO4/c1-3-12-18(13-11-17(21)22-4-2)15-8-5-14(6-9-15)7-10-16(19)20/h5-6,8-9H,3-4,7,10-13H2,1-2H3,(H,19,20). The molecule has 0 aromatic heterocycles. The Hall–Kier alpha value is -2.04. The highest BCUT2D eigenvalue weighted by Crippen LogP contribution is 2.17. The van der Waals surface area contributed by atoms with Crippen molar-refractivity contribution >= 4 is 17.6 Å². The molecule has 1 aromatic rings. The molecule has 0 atom stereocenters. The third kappa shape index (κ3) is 6.61. The second-order valence-corrected chi connectivity index (χ2v) is 5.10. The molecule has 0 unspecified atom stereocenters. The van der Waals surface area contributed by atoms with Gasteiger partial charge in [-0.25, -0.2) is 0 Å². The van der Waals surface area contributed by atoms with Crippen LogP contribution in [0.15, 0.2) is 24.3 Å². The molecule has 0 saturated carbocycles. The Labute approximate surface area is 131 Å². The predicted octanol–water partition coefficient (Wildman–Crippen LogP) is 2.87. The molecule has 0 aliphatic heterocycles. The molecule has 1 rings (SSSR count). The van der Waals surface area contributed by atoms with Crippen molar-refractivity contribution < 1.29 is 19.4 Å². The van der Waals surface area contributed by atoms with Crippen LogP contribution in [0.3, 0.4) is 0 Å². The largest absolute Gasteiger partial charge is 0.481 e. The molecule has 1 aromatic carbocycles.